The van der Waals surface area contributed by atoms with Gasteiger partial charge in [0, 0.05) is 11.1 Å². The zero-order valence-corrected chi connectivity index (χ0v) is 16.1. The van der Waals surface area contributed by atoms with E-state index in [1.807, 2.05) is 13.1 Å². The first kappa shape index (κ1) is 18.5. The molecule has 0 atom stereocenters. The van der Waals surface area contributed by atoms with Crippen LogP contribution >= 0.6 is 22.9 Å². The number of halogens is 3. The number of pyridine rings is 1. The highest BCUT2D eigenvalue weighted by atomic mass is 35.5. The Morgan fingerprint density at radius 2 is 2.00 bits per heavy atom. The second-order valence-corrected chi connectivity index (χ2v) is 7.56. The van der Waals surface area contributed by atoms with Crippen molar-refractivity contribution in [2.75, 3.05) is 0 Å². The van der Waals surface area contributed by atoms with Gasteiger partial charge in [-0.2, -0.15) is 0 Å². The number of thiophene rings is 1. The van der Waals surface area contributed by atoms with E-state index >= 15 is 0 Å². The molecule has 28 heavy (non-hydrogen) atoms. The quantitative estimate of drug-likeness (QED) is 0.524. The lowest BCUT2D eigenvalue weighted by Gasteiger charge is -2.05. The van der Waals surface area contributed by atoms with Crippen molar-refractivity contribution in [2.45, 2.75) is 13.5 Å². The molecule has 0 aliphatic carbocycles. The summed E-state index contributed by atoms with van der Waals surface area (Å²) in [5, 5.41) is 2.82. The maximum atomic E-state index is 13.9. The van der Waals surface area contributed by atoms with Crippen LogP contribution in [0.5, 0.6) is 0 Å². The predicted molar refractivity (Wildman–Crippen MR) is 104 cm³/mol. The molecule has 0 saturated heterocycles. The second-order valence-electron chi connectivity index (χ2n) is 6.08. The first-order valence-electron chi connectivity index (χ1n) is 8.24. The van der Waals surface area contributed by atoms with Gasteiger partial charge in [0.1, 0.15) is 17.3 Å². The number of benzene rings is 1. The van der Waals surface area contributed by atoms with Gasteiger partial charge < -0.3 is 9.88 Å². The van der Waals surface area contributed by atoms with Gasteiger partial charge in [0.05, 0.1) is 45.6 Å². The Morgan fingerprint density at radius 1 is 1.21 bits per heavy atom. The van der Waals surface area contributed by atoms with E-state index < -0.39 is 17.5 Å². The standard InChI is InChI=1S/C19H13ClF2N4OS/c1-10-8-26(9-25-10)11-2-5-14(23-6-11)19(27)24-7-15-17(20)16-12(21)3-4-13(22)18(16)28-15/h2-6,8-9H,7H2,1H3,(H,24,27). The van der Waals surface area contributed by atoms with Crippen molar-refractivity contribution in [3.8, 4) is 5.69 Å². The van der Waals surface area contributed by atoms with Gasteiger partial charge >= 0.3 is 0 Å². The lowest BCUT2D eigenvalue weighted by molar-refractivity contribution is 0.0946. The number of carbonyl (C=O) groups is 1. The first-order valence-corrected chi connectivity index (χ1v) is 9.43. The molecule has 0 unspecified atom stereocenters. The summed E-state index contributed by atoms with van der Waals surface area (Å²) >= 11 is 7.19. The van der Waals surface area contributed by atoms with Gasteiger partial charge in [-0.05, 0) is 31.2 Å². The van der Waals surface area contributed by atoms with Crippen molar-refractivity contribution in [1.29, 1.82) is 0 Å². The molecule has 1 amide bonds. The topological polar surface area (TPSA) is 59.8 Å². The molecule has 3 heterocycles. The molecule has 142 valence electrons. The fourth-order valence-electron chi connectivity index (χ4n) is 2.75. The van der Waals surface area contributed by atoms with Crippen molar-refractivity contribution in [3.05, 3.63) is 75.9 Å². The Kier molecular flexibility index (Phi) is 4.82. The van der Waals surface area contributed by atoms with Gasteiger partial charge in [0.25, 0.3) is 5.91 Å². The third kappa shape index (κ3) is 3.36. The number of nitrogens with one attached hydrogen (secondary N) is 1. The Labute approximate surface area is 167 Å². The number of amides is 1. The Bertz CT molecular complexity index is 1190. The monoisotopic (exact) mass is 418 g/mol. The number of carbonyl (C=O) groups excluding carboxylic acids is 1. The molecule has 4 aromatic rings. The molecule has 1 aromatic carbocycles. The third-order valence-electron chi connectivity index (χ3n) is 4.15. The van der Waals surface area contributed by atoms with Gasteiger partial charge in [0.2, 0.25) is 0 Å². The maximum Gasteiger partial charge on any atom is 0.270 e. The highest BCUT2D eigenvalue weighted by Gasteiger charge is 2.18. The summed E-state index contributed by atoms with van der Waals surface area (Å²) in [7, 11) is 0. The third-order valence-corrected chi connectivity index (χ3v) is 5.88. The van der Waals surface area contributed by atoms with Gasteiger partial charge in [0.15, 0.2) is 0 Å². The van der Waals surface area contributed by atoms with E-state index in [9.17, 15) is 13.6 Å². The molecule has 0 bridgehead atoms. The normalized spacial score (nSPS) is 11.1. The fraction of sp³-hybridized carbons (Fsp3) is 0.105. The average Bonchev–Trinajstić information content (AvgIpc) is 3.27. The molecular formula is C19H13ClF2N4OS. The summed E-state index contributed by atoms with van der Waals surface area (Å²) in [5.74, 6) is -1.56. The van der Waals surface area contributed by atoms with E-state index in [0.29, 0.717) is 4.88 Å². The minimum atomic E-state index is -0.595. The molecule has 9 heteroatoms. The van der Waals surface area contributed by atoms with Crippen molar-refractivity contribution >= 4 is 38.9 Å². The molecule has 0 saturated carbocycles. The summed E-state index contributed by atoms with van der Waals surface area (Å²) in [6.07, 6.45) is 5.07. The number of rotatable bonds is 4. The summed E-state index contributed by atoms with van der Waals surface area (Å²) in [6, 6.07) is 5.43. The number of nitrogens with zero attached hydrogens (tertiary/aromatic N) is 3. The SMILES string of the molecule is Cc1cn(-c2ccc(C(=O)NCc3sc4c(F)ccc(F)c4c3Cl)nc2)cn1. The van der Waals surface area contributed by atoms with E-state index in [1.165, 1.54) is 0 Å². The van der Waals surface area contributed by atoms with Crippen LogP contribution in [-0.2, 0) is 6.54 Å². The highest BCUT2D eigenvalue weighted by molar-refractivity contribution is 7.19. The Morgan fingerprint density at radius 3 is 2.64 bits per heavy atom. The lowest BCUT2D eigenvalue weighted by Crippen LogP contribution is -2.23. The number of fused-ring (bicyclic) bond motifs is 1. The van der Waals surface area contributed by atoms with E-state index in [-0.39, 0.29) is 27.3 Å². The molecule has 3 aromatic heterocycles. The highest BCUT2D eigenvalue weighted by Crippen LogP contribution is 2.38. The van der Waals surface area contributed by atoms with Gasteiger partial charge in [-0.1, -0.05) is 11.6 Å². The molecular weight excluding hydrogens is 406 g/mol. The molecule has 0 fully saturated rings. The molecule has 4 rings (SSSR count). The van der Waals surface area contributed by atoms with Crippen LogP contribution in [0, 0.1) is 18.6 Å². The van der Waals surface area contributed by atoms with E-state index in [2.05, 4.69) is 15.3 Å². The van der Waals surface area contributed by atoms with E-state index in [4.69, 9.17) is 11.6 Å². The molecule has 0 spiro atoms. The minimum Gasteiger partial charge on any atom is -0.346 e. The van der Waals surface area contributed by atoms with Gasteiger partial charge in [-0.25, -0.2) is 18.7 Å². The van der Waals surface area contributed by atoms with Crippen LogP contribution in [0.1, 0.15) is 21.1 Å². The van der Waals surface area contributed by atoms with Crippen LogP contribution in [0.25, 0.3) is 15.8 Å². The van der Waals surface area contributed by atoms with E-state index in [1.54, 1.807) is 29.2 Å². The largest absolute Gasteiger partial charge is 0.346 e. The van der Waals surface area contributed by atoms with Crippen molar-refractivity contribution < 1.29 is 13.6 Å². The molecule has 0 aliphatic rings. The van der Waals surface area contributed by atoms with Crippen molar-refractivity contribution in [3.63, 3.8) is 0 Å². The van der Waals surface area contributed by atoms with Crippen LogP contribution in [-0.4, -0.2) is 20.4 Å². The van der Waals surface area contributed by atoms with E-state index in [0.717, 1.165) is 34.9 Å². The Balaban J connectivity index is 1.50. The summed E-state index contributed by atoms with van der Waals surface area (Å²) in [5.41, 5.74) is 1.86. The van der Waals surface area contributed by atoms with Crippen molar-refractivity contribution in [1.82, 2.24) is 19.9 Å². The summed E-state index contributed by atoms with van der Waals surface area (Å²) < 4.78 is 29.7. The zero-order chi connectivity index (χ0) is 19.8. The average molecular weight is 419 g/mol. The molecule has 0 radical (unpaired) electrons. The summed E-state index contributed by atoms with van der Waals surface area (Å²) in [4.78, 5) is 21.1. The smallest absolute Gasteiger partial charge is 0.270 e. The number of aromatic nitrogens is 3. The minimum absolute atomic E-state index is 0.0361. The van der Waals surface area contributed by atoms with Crippen LogP contribution < -0.4 is 5.32 Å². The first-order chi connectivity index (χ1) is 13.4. The number of aryl methyl sites for hydroxylation is 1. The van der Waals surface area contributed by atoms with Crippen LogP contribution in [0.2, 0.25) is 5.02 Å². The van der Waals surface area contributed by atoms with Gasteiger partial charge in [-0.15, -0.1) is 11.3 Å². The molecule has 0 aliphatic heterocycles. The lowest BCUT2D eigenvalue weighted by atomic mass is 10.2. The maximum absolute atomic E-state index is 13.9. The van der Waals surface area contributed by atoms with Gasteiger partial charge in [-0.3, -0.25) is 4.79 Å². The van der Waals surface area contributed by atoms with Crippen LogP contribution in [0.15, 0.2) is 43.0 Å². The predicted octanol–water partition coefficient (Wildman–Crippen LogP) is 4.65. The summed E-state index contributed by atoms with van der Waals surface area (Å²) in [6.45, 7) is 1.92. The number of imidazole rings is 1. The zero-order valence-electron chi connectivity index (χ0n) is 14.5. The van der Waals surface area contributed by atoms with Crippen LogP contribution in [0.3, 0.4) is 0 Å². The molecule has 5 nitrogen and oxygen atoms in total. The number of hydrogen-bond donors (Lipinski definition) is 1. The Hall–Kier alpha value is -2.84. The van der Waals surface area contributed by atoms with Crippen molar-refractivity contribution in [2.24, 2.45) is 0 Å². The second kappa shape index (κ2) is 7.29. The van der Waals surface area contributed by atoms with Crippen LogP contribution in [0.4, 0.5) is 8.78 Å². The fourth-order valence-corrected chi connectivity index (χ4v) is 4.22. The molecule has 1 N–H and O–H groups in total. The number of hydrogen-bond acceptors (Lipinski definition) is 4.